The summed E-state index contributed by atoms with van der Waals surface area (Å²) in [7, 11) is 6.22. The smallest absolute Gasteiger partial charge is 0.229 e. The van der Waals surface area contributed by atoms with Crippen LogP contribution < -0.4 is 29.2 Å². The van der Waals surface area contributed by atoms with Crippen molar-refractivity contribution < 1.29 is 28.5 Å². The van der Waals surface area contributed by atoms with Gasteiger partial charge in [-0.05, 0) is 66.6 Å². The summed E-state index contributed by atoms with van der Waals surface area (Å²) in [5.74, 6) is 1.37. The highest BCUT2D eigenvalue weighted by molar-refractivity contribution is 6.32. The molecule has 1 fully saturated rings. The van der Waals surface area contributed by atoms with Crippen molar-refractivity contribution in [3.05, 3.63) is 71.2 Å². The fourth-order valence-corrected chi connectivity index (χ4v) is 4.87. The van der Waals surface area contributed by atoms with Crippen molar-refractivity contribution in [2.75, 3.05) is 38.7 Å². The Morgan fingerprint density at radius 2 is 1.54 bits per heavy atom. The SMILES string of the molecule is COc1ccc(N2C(=O)CC[C@H](C(=O)Nc3ccc(OC)c(Cl)c3)[C@H]2c2ccc(OC)c(OC)c2)cc1. The zero-order valence-electron chi connectivity index (χ0n) is 21.1. The van der Waals surface area contributed by atoms with E-state index in [-0.39, 0.29) is 18.2 Å². The summed E-state index contributed by atoms with van der Waals surface area (Å²) in [4.78, 5) is 28.7. The Labute approximate surface area is 221 Å². The first-order chi connectivity index (χ1) is 17.9. The van der Waals surface area contributed by atoms with Crippen molar-refractivity contribution in [1.82, 2.24) is 0 Å². The lowest BCUT2D eigenvalue weighted by atomic mass is 9.83. The molecule has 0 aliphatic carbocycles. The van der Waals surface area contributed by atoms with Crippen LogP contribution in [0.15, 0.2) is 60.7 Å². The van der Waals surface area contributed by atoms with E-state index in [2.05, 4.69) is 5.32 Å². The van der Waals surface area contributed by atoms with E-state index >= 15 is 0 Å². The van der Waals surface area contributed by atoms with E-state index in [1.165, 1.54) is 7.11 Å². The van der Waals surface area contributed by atoms with Crippen molar-refractivity contribution in [2.24, 2.45) is 5.92 Å². The Kier molecular flexibility index (Phi) is 8.08. The molecule has 0 bridgehead atoms. The number of benzene rings is 3. The van der Waals surface area contributed by atoms with Crippen LogP contribution in [-0.2, 0) is 9.59 Å². The Balaban J connectivity index is 1.76. The minimum atomic E-state index is -0.594. The highest BCUT2D eigenvalue weighted by atomic mass is 35.5. The van der Waals surface area contributed by atoms with Crippen molar-refractivity contribution in [2.45, 2.75) is 18.9 Å². The van der Waals surface area contributed by atoms with Crippen molar-refractivity contribution in [1.29, 1.82) is 0 Å². The summed E-state index contributed by atoms with van der Waals surface area (Å²) in [5.41, 5.74) is 1.94. The number of hydrogen-bond donors (Lipinski definition) is 1. The van der Waals surface area contributed by atoms with Crippen LogP contribution in [0.4, 0.5) is 11.4 Å². The fraction of sp³-hybridized carbons (Fsp3) is 0.286. The Morgan fingerprint density at radius 1 is 0.865 bits per heavy atom. The second-order valence-electron chi connectivity index (χ2n) is 8.50. The average Bonchev–Trinajstić information content (AvgIpc) is 2.92. The molecule has 194 valence electrons. The van der Waals surface area contributed by atoms with E-state index in [1.54, 1.807) is 62.6 Å². The molecule has 8 nitrogen and oxygen atoms in total. The lowest BCUT2D eigenvalue weighted by molar-refractivity contribution is -0.125. The molecule has 0 radical (unpaired) electrons. The zero-order chi connectivity index (χ0) is 26.5. The summed E-state index contributed by atoms with van der Waals surface area (Å²) < 4.78 is 21.4. The quantitative estimate of drug-likeness (QED) is 0.419. The van der Waals surface area contributed by atoms with Crippen LogP contribution in [0.5, 0.6) is 23.0 Å². The number of halogens is 1. The molecule has 0 spiro atoms. The number of carbonyl (C=O) groups excluding carboxylic acids is 2. The van der Waals surface area contributed by atoms with E-state index < -0.39 is 12.0 Å². The van der Waals surface area contributed by atoms with E-state index in [9.17, 15) is 9.59 Å². The van der Waals surface area contributed by atoms with Crippen molar-refractivity contribution in [3.63, 3.8) is 0 Å². The number of methoxy groups -OCH3 is 4. The number of hydrogen-bond acceptors (Lipinski definition) is 6. The van der Waals surface area contributed by atoms with Crippen LogP contribution in [0.2, 0.25) is 5.02 Å². The van der Waals surface area contributed by atoms with Crippen LogP contribution in [-0.4, -0.2) is 40.3 Å². The van der Waals surface area contributed by atoms with Gasteiger partial charge in [-0.1, -0.05) is 17.7 Å². The maximum Gasteiger partial charge on any atom is 0.229 e. The van der Waals surface area contributed by atoms with Crippen LogP contribution in [0.1, 0.15) is 24.4 Å². The molecule has 0 saturated carbocycles. The van der Waals surface area contributed by atoms with Gasteiger partial charge in [0.2, 0.25) is 11.8 Å². The van der Waals surface area contributed by atoms with E-state index in [0.717, 1.165) is 5.56 Å². The number of ether oxygens (including phenoxy) is 4. The number of rotatable bonds is 8. The maximum absolute atomic E-state index is 13.7. The molecule has 1 aliphatic heterocycles. The number of carbonyl (C=O) groups is 2. The highest BCUT2D eigenvalue weighted by Gasteiger charge is 2.42. The molecule has 1 heterocycles. The molecule has 37 heavy (non-hydrogen) atoms. The molecule has 3 aromatic rings. The van der Waals surface area contributed by atoms with Gasteiger partial charge in [-0.15, -0.1) is 0 Å². The van der Waals surface area contributed by atoms with E-state index in [0.29, 0.717) is 45.8 Å². The molecule has 3 aromatic carbocycles. The molecule has 1 saturated heterocycles. The van der Waals surface area contributed by atoms with Gasteiger partial charge in [0.25, 0.3) is 0 Å². The fourth-order valence-electron chi connectivity index (χ4n) is 4.61. The zero-order valence-corrected chi connectivity index (χ0v) is 21.9. The van der Waals surface area contributed by atoms with Gasteiger partial charge in [-0.25, -0.2) is 0 Å². The number of piperidine rings is 1. The molecular formula is C28H29ClN2O6. The maximum atomic E-state index is 13.7. The largest absolute Gasteiger partial charge is 0.497 e. The van der Waals surface area contributed by atoms with Crippen molar-refractivity contribution >= 4 is 34.8 Å². The highest BCUT2D eigenvalue weighted by Crippen LogP contribution is 2.43. The van der Waals surface area contributed by atoms with Gasteiger partial charge in [0.15, 0.2) is 11.5 Å². The summed E-state index contributed by atoms with van der Waals surface area (Å²) in [6.07, 6.45) is 0.595. The summed E-state index contributed by atoms with van der Waals surface area (Å²) in [5, 5.41) is 3.35. The first kappa shape index (κ1) is 26.2. The molecule has 0 unspecified atom stereocenters. The predicted octanol–water partition coefficient (Wildman–Crippen LogP) is 5.50. The standard InChI is InChI=1S/C28H29ClN2O6/c1-34-20-9-7-19(8-10-20)31-26(32)14-11-21(27(31)17-5-12-24(36-3)25(15-17)37-4)28(33)30-18-6-13-23(35-2)22(29)16-18/h5-10,12-13,15-16,21,27H,11,14H2,1-4H3,(H,30,33)/t21-,27+/m0/s1. The lowest BCUT2D eigenvalue weighted by Crippen LogP contribution is -2.47. The Morgan fingerprint density at radius 3 is 2.16 bits per heavy atom. The van der Waals surface area contributed by atoms with Gasteiger partial charge >= 0.3 is 0 Å². The first-order valence-electron chi connectivity index (χ1n) is 11.7. The summed E-state index contributed by atoms with van der Waals surface area (Å²) in [6.45, 7) is 0. The van der Waals surface area contributed by atoms with Gasteiger partial charge in [0.05, 0.1) is 45.4 Å². The van der Waals surface area contributed by atoms with Gasteiger partial charge < -0.3 is 29.2 Å². The molecule has 9 heteroatoms. The summed E-state index contributed by atoms with van der Waals surface area (Å²) >= 11 is 6.27. The molecule has 1 aliphatic rings. The molecule has 0 aromatic heterocycles. The second kappa shape index (κ2) is 11.4. The number of amides is 2. The number of anilines is 2. The average molecular weight is 525 g/mol. The predicted molar refractivity (Wildman–Crippen MR) is 142 cm³/mol. The van der Waals surface area contributed by atoms with Crippen LogP contribution in [0.25, 0.3) is 0 Å². The third-order valence-corrected chi connectivity index (χ3v) is 6.75. The van der Waals surface area contributed by atoms with Crippen LogP contribution >= 0.6 is 11.6 Å². The van der Waals surface area contributed by atoms with E-state index in [4.69, 9.17) is 30.5 Å². The molecular weight excluding hydrogens is 496 g/mol. The lowest BCUT2D eigenvalue weighted by Gasteiger charge is -2.41. The summed E-state index contributed by atoms with van der Waals surface area (Å²) in [6, 6.07) is 17.1. The van der Waals surface area contributed by atoms with Gasteiger partial charge in [-0.3, -0.25) is 9.59 Å². The minimum Gasteiger partial charge on any atom is -0.497 e. The molecule has 2 amide bonds. The molecule has 4 rings (SSSR count). The molecule has 1 N–H and O–H groups in total. The monoisotopic (exact) mass is 524 g/mol. The van der Waals surface area contributed by atoms with Crippen molar-refractivity contribution in [3.8, 4) is 23.0 Å². The van der Waals surface area contributed by atoms with Gasteiger partial charge in [0, 0.05) is 17.8 Å². The molecule has 2 atom stereocenters. The normalized spacial score (nSPS) is 17.2. The number of nitrogens with one attached hydrogen (secondary N) is 1. The number of nitrogens with zero attached hydrogens (tertiary/aromatic N) is 1. The third kappa shape index (κ3) is 5.44. The van der Waals surface area contributed by atoms with Crippen LogP contribution in [0, 0.1) is 5.92 Å². The van der Waals surface area contributed by atoms with Crippen LogP contribution in [0.3, 0.4) is 0 Å². The van der Waals surface area contributed by atoms with Gasteiger partial charge in [0.1, 0.15) is 11.5 Å². The third-order valence-electron chi connectivity index (χ3n) is 6.45. The van der Waals surface area contributed by atoms with E-state index in [1.807, 2.05) is 24.3 Å². The minimum absolute atomic E-state index is 0.0820. The Hall–Kier alpha value is -3.91. The van der Waals surface area contributed by atoms with Gasteiger partial charge in [-0.2, -0.15) is 0 Å². The topological polar surface area (TPSA) is 86.3 Å². The Bertz CT molecular complexity index is 1280. The second-order valence-corrected chi connectivity index (χ2v) is 8.91. The first-order valence-corrected chi connectivity index (χ1v) is 12.1.